The van der Waals surface area contributed by atoms with Crippen LogP contribution in [0, 0.1) is 0 Å². The number of hydrogen-bond donors (Lipinski definition) is 3. The van der Waals surface area contributed by atoms with Crippen molar-refractivity contribution in [3.63, 3.8) is 0 Å². The molecule has 0 aliphatic rings. The van der Waals surface area contributed by atoms with Gasteiger partial charge in [-0.1, -0.05) is 103 Å². The van der Waals surface area contributed by atoms with E-state index in [1.54, 1.807) is 0 Å². The van der Waals surface area contributed by atoms with Gasteiger partial charge in [0.05, 0.1) is 13.2 Å². The van der Waals surface area contributed by atoms with Crippen LogP contribution in [-0.2, 0) is 9.53 Å². The van der Waals surface area contributed by atoms with Gasteiger partial charge in [0, 0.05) is 26.3 Å². The van der Waals surface area contributed by atoms with Crippen molar-refractivity contribution in [2.75, 3.05) is 39.5 Å². The molecule has 180 valence electrons. The summed E-state index contributed by atoms with van der Waals surface area (Å²) in [5.41, 5.74) is 0. The number of ether oxygens (including phenoxy) is 1. The van der Waals surface area contributed by atoms with E-state index in [4.69, 9.17) is 9.84 Å². The van der Waals surface area contributed by atoms with Crippen LogP contribution in [0.2, 0.25) is 0 Å². The van der Waals surface area contributed by atoms with E-state index >= 15 is 0 Å². The molecule has 3 N–H and O–H groups in total. The second-order valence-corrected chi connectivity index (χ2v) is 8.52. The first-order chi connectivity index (χ1) is 14.8. The van der Waals surface area contributed by atoms with Crippen molar-refractivity contribution in [2.45, 2.75) is 116 Å². The van der Waals surface area contributed by atoms with Crippen LogP contribution in [0.15, 0.2) is 0 Å². The Balaban J connectivity index is 3.06. The average Bonchev–Trinajstić information content (AvgIpc) is 2.75. The molecular formula is C25H52N2O3. The molecule has 0 unspecified atom stereocenters. The van der Waals surface area contributed by atoms with Gasteiger partial charge >= 0.3 is 0 Å². The van der Waals surface area contributed by atoms with Gasteiger partial charge in [0.15, 0.2) is 0 Å². The first-order valence-electron chi connectivity index (χ1n) is 13.0. The summed E-state index contributed by atoms with van der Waals surface area (Å²) >= 11 is 0. The van der Waals surface area contributed by atoms with Crippen molar-refractivity contribution in [1.82, 2.24) is 10.6 Å². The average molecular weight is 429 g/mol. The molecular weight excluding hydrogens is 376 g/mol. The SMILES string of the molecule is CCCCCCCCCCCCCCCCCCOCCCNC(=O)CNCCO. The fourth-order valence-electron chi connectivity index (χ4n) is 3.60. The van der Waals surface area contributed by atoms with Crippen molar-refractivity contribution in [3.8, 4) is 0 Å². The molecule has 0 aromatic heterocycles. The van der Waals surface area contributed by atoms with E-state index in [0.717, 1.165) is 19.4 Å². The maximum Gasteiger partial charge on any atom is 0.233 e. The Morgan fingerprint density at radius 3 is 1.63 bits per heavy atom. The number of aliphatic hydroxyl groups is 1. The second-order valence-electron chi connectivity index (χ2n) is 8.52. The molecule has 5 nitrogen and oxygen atoms in total. The number of aliphatic hydroxyl groups excluding tert-OH is 1. The predicted octanol–water partition coefficient (Wildman–Crippen LogP) is 5.35. The Morgan fingerprint density at radius 2 is 1.13 bits per heavy atom. The number of carbonyl (C=O) groups is 1. The Morgan fingerprint density at radius 1 is 0.667 bits per heavy atom. The zero-order valence-corrected chi connectivity index (χ0v) is 20.0. The molecule has 0 saturated carbocycles. The normalized spacial score (nSPS) is 11.1. The number of nitrogens with one attached hydrogen (secondary N) is 2. The minimum absolute atomic E-state index is 0.0266. The maximum absolute atomic E-state index is 11.4. The lowest BCUT2D eigenvalue weighted by atomic mass is 10.0. The molecule has 0 heterocycles. The molecule has 0 fully saturated rings. The van der Waals surface area contributed by atoms with Gasteiger partial charge in [-0.25, -0.2) is 0 Å². The van der Waals surface area contributed by atoms with Gasteiger partial charge in [0.25, 0.3) is 0 Å². The highest BCUT2D eigenvalue weighted by Crippen LogP contribution is 2.13. The van der Waals surface area contributed by atoms with Crippen molar-refractivity contribution >= 4 is 5.91 Å². The Hall–Kier alpha value is -0.650. The number of hydrogen-bond acceptors (Lipinski definition) is 4. The zero-order valence-electron chi connectivity index (χ0n) is 20.0. The van der Waals surface area contributed by atoms with E-state index in [1.165, 1.54) is 96.3 Å². The lowest BCUT2D eigenvalue weighted by Gasteiger charge is -2.07. The summed E-state index contributed by atoms with van der Waals surface area (Å²) in [6.07, 6.45) is 23.1. The van der Waals surface area contributed by atoms with E-state index in [1.807, 2.05) is 0 Å². The summed E-state index contributed by atoms with van der Waals surface area (Å²) in [4.78, 5) is 11.4. The minimum Gasteiger partial charge on any atom is -0.395 e. The van der Waals surface area contributed by atoms with E-state index in [9.17, 15) is 4.79 Å². The Labute approximate surface area is 187 Å². The molecule has 0 aromatic rings. The number of carbonyl (C=O) groups excluding carboxylic acids is 1. The summed E-state index contributed by atoms with van der Waals surface area (Å²) in [6, 6.07) is 0. The number of amides is 1. The molecule has 0 bridgehead atoms. The highest BCUT2D eigenvalue weighted by Gasteiger charge is 1.99. The summed E-state index contributed by atoms with van der Waals surface area (Å²) in [5, 5.41) is 14.3. The summed E-state index contributed by atoms with van der Waals surface area (Å²) in [5.74, 6) is -0.0266. The first kappa shape index (κ1) is 29.4. The monoisotopic (exact) mass is 428 g/mol. The molecule has 0 radical (unpaired) electrons. The summed E-state index contributed by atoms with van der Waals surface area (Å²) in [6.45, 7) is 5.26. The van der Waals surface area contributed by atoms with Gasteiger partial charge in [0.1, 0.15) is 0 Å². The van der Waals surface area contributed by atoms with Crippen LogP contribution in [-0.4, -0.2) is 50.5 Å². The fraction of sp³-hybridized carbons (Fsp3) is 0.960. The molecule has 0 atom stereocenters. The van der Waals surface area contributed by atoms with Gasteiger partial charge in [-0.15, -0.1) is 0 Å². The fourth-order valence-corrected chi connectivity index (χ4v) is 3.60. The van der Waals surface area contributed by atoms with Crippen molar-refractivity contribution < 1.29 is 14.6 Å². The molecule has 0 saturated heterocycles. The van der Waals surface area contributed by atoms with E-state index in [2.05, 4.69) is 17.6 Å². The van der Waals surface area contributed by atoms with E-state index in [0.29, 0.717) is 19.7 Å². The van der Waals surface area contributed by atoms with Crippen LogP contribution < -0.4 is 10.6 Å². The van der Waals surface area contributed by atoms with Crippen LogP contribution >= 0.6 is 0 Å². The lowest BCUT2D eigenvalue weighted by Crippen LogP contribution is -2.35. The summed E-state index contributed by atoms with van der Waals surface area (Å²) in [7, 11) is 0. The molecule has 30 heavy (non-hydrogen) atoms. The lowest BCUT2D eigenvalue weighted by molar-refractivity contribution is -0.120. The third-order valence-electron chi connectivity index (χ3n) is 5.50. The molecule has 0 spiro atoms. The van der Waals surface area contributed by atoms with Gasteiger partial charge in [-0.05, 0) is 12.8 Å². The predicted molar refractivity (Wildman–Crippen MR) is 128 cm³/mol. The smallest absolute Gasteiger partial charge is 0.233 e. The van der Waals surface area contributed by atoms with Crippen LogP contribution in [0.5, 0.6) is 0 Å². The van der Waals surface area contributed by atoms with Gasteiger partial charge in [0.2, 0.25) is 5.91 Å². The molecule has 0 aliphatic heterocycles. The number of rotatable bonds is 25. The van der Waals surface area contributed by atoms with Crippen LogP contribution in [0.4, 0.5) is 0 Å². The van der Waals surface area contributed by atoms with E-state index in [-0.39, 0.29) is 19.1 Å². The maximum atomic E-state index is 11.4. The highest BCUT2D eigenvalue weighted by molar-refractivity contribution is 5.77. The molecule has 1 amide bonds. The molecule has 0 aromatic carbocycles. The van der Waals surface area contributed by atoms with Crippen LogP contribution in [0.3, 0.4) is 0 Å². The third-order valence-corrected chi connectivity index (χ3v) is 5.50. The van der Waals surface area contributed by atoms with Gasteiger partial charge in [-0.2, -0.15) is 0 Å². The standard InChI is InChI=1S/C25H52N2O3/c1-2-3-4-5-6-7-8-9-10-11-12-13-14-15-16-17-22-30-23-18-19-27-25(29)24-26-20-21-28/h26,28H,2-24H2,1H3,(H,27,29). The molecule has 0 aliphatic carbocycles. The quantitative estimate of drug-likeness (QED) is 0.171. The van der Waals surface area contributed by atoms with Crippen LogP contribution in [0.1, 0.15) is 116 Å². The molecule has 0 rings (SSSR count). The Bertz CT molecular complexity index is 340. The third kappa shape index (κ3) is 25.4. The first-order valence-corrected chi connectivity index (χ1v) is 13.0. The van der Waals surface area contributed by atoms with Gasteiger partial charge < -0.3 is 20.5 Å². The van der Waals surface area contributed by atoms with Crippen molar-refractivity contribution in [3.05, 3.63) is 0 Å². The van der Waals surface area contributed by atoms with E-state index < -0.39 is 0 Å². The summed E-state index contributed by atoms with van der Waals surface area (Å²) < 4.78 is 5.63. The Kier molecular flexibility index (Phi) is 25.8. The number of unbranched alkanes of at least 4 members (excludes halogenated alkanes) is 15. The zero-order chi connectivity index (χ0) is 22.0. The topological polar surface area (TPSA) is 70.6 Å². The molecule has 5 heteroatoms. The van der Waals surface area contributed by atoms with Gasteiger partial charge in [-0.3, -0.25) is 4.79 Å². The largest absolute Gasteiger partial charge is 0.395 e. The second kappa shape index (κ2) is 26.4. The van der Waals surface area contributed by atoms with Crippen LogP contribution in [0.25, 0.3) is 0 Å². The van der Waals surface area contributed by atoms with Crippen molar-refractivity contribution in [2.24, 2.45) is 0 Å². The van der Waals surface area contributed by atoms with Crippen molar-refractivity contribution in [1.29, 1.82) is 0 Å². The highest BCUT2D eigenvalue weighted by atomic mass is 16.5. The minimum atomic E-state index is -0.0266.